The van der Waals surface area contributed by atoms with Crippen LogP contribution in [0.3, 0.4) is 0 Å². The van der Waals surface area contributed by atoms with Gasteiger partial charge in [-0.3, -0.25) is 4.79 Å². The first kappa shape index (κ1) is 18.0. The molecule has 1 fully saturated rings. The van der Waals surface area contributed by atoms with Crippen LogP contribution in [-0.2, 0) is 14.8 Å². The summed E-state index contributed by atoms with van der Waals surface area (Å²) in [4.78, 5) is 11.0. The summed E-state index contributed by atoms with van der Waals surface area (Å²) in [5.41, 5.74) is 0. The van der Waals surface area contributed by atoms with Gasteiger partial charge in [0, 0.05) is 26.1 Å². The third-order valence-electron chi connectivity index (χ3n) is 3.61. The maximum atomic E-state index is 12.8. The fourth-order valence-electron chi connectivity index (χ4n) is 2.56. The molecule has 1 saturated heterocycles. The first-order valence-corrected chi connectivity index (χ1v) is 10.0. The summed E-state index contributed by atoms with van der Waals surface area (Å²) >= 11 is 12.7. The Morgan fingerprint density at radius 1 is 1.45 bits per heavy atom. The Balaban J connectivity index is 2.16. The van der Waals surface area contributed by atoms with E-state index in [1.54, 1.807) is 0 Å². The van der Waals surface area contributed by atoms with Gasteiger partial charge in [-0.1, -0.05) is 29.6 Å². The maximum Gasteiger partial charge on any atom is 0.252 e. The number of nitrogens with zero attached hydrogens (tertiary/aromatic N) is 1. The molecule has 22 heavy (non-hydrogen) atoms. The van der Waals surface area contributed by atoms with Crippen molar-refractivity contribution >= 4 is 50.5 Å². The zero-order valence-corrected chi connectivity index (χ0v) is 15.3. The summed E-state index contributed by atoms with van der Waals surface area (Å²) in [7, 11) is -3.59. The van der Waals surface area contributed by atoms with E-state index in [9.17, 15) is 13.2 Å². The fourth-order valence-corrected chi connectivity index (χ4v) is 6.30. The SMILES string of the molecule is CC(=O)NCC[C@H]1CCCCN1S(=O)(=O)c1cc(Cl)c(Cl)s1. The zero-order chi connectivity index (χ0) is 16.3. The van der Waals surface area contributed by atoms with Gasteiger partial charge in [0.1, 0.15) is 8.55 Å². The predicted octanol–water partition coefficient (Wildman–Crippen LogP) is 3.12. The molecule has 9 heteroatoms. The van der Waals surface area contributed by atoms with Crippen molar-refractivity contribution in [2.75, 3.05) is 13.1 Å². The molecule has 0 bridgehead atoms. The number of amides is 1. The first-order valence-electron chi connectivity index (χ1n) is 7.03. The summed E-state index contributed by atoms with van der Waals surface area (Å²) in [6.45, 7) is 2.41. The smallest absolute Gasteiger partial charge is 0.252 e. The average molecular weight is 385 g/mol. The summed E-state index contributed by atoms with van der Waals surface area (Å²) in [5, 5.41) is 2.98. The van der Waals surface area contributed by atoms with E-state index in [1.165, 1.54) is 17.3 Å². The molecule has 1 N–H and O–H groups in total. The van der Waals surface area contributed by atoms with Gasteiger partial charge in [-0.15, -0.1) is 11.3 Å². The van der Waals surface area contributed by atoms with E-state index in [0.29, 0.717) is 19.5 Å². The van der Waals surface area contributed by atoms with Crippen molar-refractivity contribution in [1.29, 1.82) is 0 Å². The van der Waals surface area contributed by atoms with Crippen LogP contribution in [0.5, 0.6) is 0 Å². The van der Waals surface area contributed by atoms with Gasteiger partial charge in [0.25, 0.3) is 10.0 Å². The molecule has 1 amide bonds. The van der Waals surface area contributed by atoms with Crippen LogP contribution in [0.15, 0.2) is 10.3 Å². The molecule has 2 rings (SSSR count). The lowest BCUT2D eigenvalue weighted by Gasteiger charge is -2.34. The first-order chi connectivity index (χ1) is 10.3. The number of carbonyl (C=O) groups is 1. The number of thiophene rings is 1. The molecule has 0 aromatic carbocycles. The minimum Gasteiger partial charge on any atom is -0.356 e. The monoisotopic (exact) mass is 384 g/mol. The minimum absolute atomic E-state index is 0.106. The molecule has 5 nitrogen and oxygen atoms in total. The van der Waals surface area contributed by atoms with Crippen molar-refractivity contribution in [3.8, 4) is 0 Å². The Morgan fingerprint density at radius 2 is 2.18 bits per heavy atom. The lowest BCUT2D eigenvalue weighted by molar-refractivity contribution is -0.119. The highest BCUT2D eigenvalue weighted by molar-refractivity contribution is 7.91. The molecule has 0 radical (unpaired) electrons. The van der Waals surface area contributed by atoms with Crippen LogP contribution in [-0.4, -0.2) is 37.8 Å². The van der Waals surface area contributed by atoms with E-state index in [1.807, 2.05) is 0 Å². The van der Waals surface area contributed by atoms with Gasteiger partial charge in [0.2, 0.25) is 5.91 Å². The van der Waals surface area contributed by atoms with Gasteiger partial charge in [-0.25, -0.2) is 8.42 Å². The number of piperidine rings is 1. The Morgan fingerprint density at radius 3 is 2.77 bits per heavy atom. The lowest BCUT2D eigenvalue weighted by Crippen LogP contribution is -2.44. The predicted molar refractivity (Wildman–Crippen MR) is 89.2 cm³/mol. The van der Waals surface area contributed by atoms with Crippen molar-refractivity contribution in [3.63, 3.8) is 0 Å². The van der Waals surface area contributed by atoms with Crippen LogP contribution >= 0.6 is 34.5 Å². The molecule has 0 spiro atoms. The maximum absolute atomic E-state index is 12.8. The highest BCUT2D eigenvalue weighted by atomic mass is 35.5. The molecule has 1 aromatic heterocycles. The lowest BCUT2D eigenvalue weighted by atomic mass is 10.0. The van der Waals surface area contributed by atoms with Crippen LogP contribution in [0, 0.1) is 0 Å². The molecule has 0 unspecified atom stereocenters. The average Bonchev–Trinajstić information content (AvgIpc) is 2.79. The van der Waals surface area contributed by atoms with Crippen LogP contribution in [0.4, 0.5) is 0 Å². The quantitative estimate of drug-likeness (QED) is 0.847. The molecule has 0 aliphatic carbocycles. The Labute approximate surface area is 144 Å². The van der Waals surface area contributed by atoms with E-state index in [2.05, 4.69) is 5.32 Å². The third-order valence-corrected chi connectivity index (χ3v) is 7.88. The van der Waals surface area contributed by atoms with Gasteiger partial charge in [-0.2, -0.15) is 4.31 Å². The summed E-state index contributed by atoms with van der Waals surface area (Å²) in [6, 6.07) is 1.30. The van der Waals surface area contributed by atoms with Gasteiger partial charge >= 0.3 is 0 Å². The van der Waals surface area contributed by atoms with Gasteiger partial charge in [0.15, 0.2) is 0 Å². The van der Waals surface area contributed by atoms with E-state index < -0.39 is 10.0 Å². The van der Waals surface area contributed by atoms with Crippen molar-refractivity contribution in [3.05, 3.63) is 15.4 Å². The standard InChI is InChI=1S/C13H18Cl2N2O3S2/c1-9(18)16-6-5-10-4-2-3-7-17(10)22(19,20)12-8-11(14)13(15)21-12/h8,10H,2-7H2,1H3,(H,16,18)/t10-/m1/s1. The Bertz CT molecular complexity index is 626. The minimum atomic E-state index is -3.59. The molecule has 124 valence electrons. The molecule has 1 aliphatic heterocycles. The van der Waals surface area contributed by atoms with Crippen molar-refractivity contribution < 1.29 is 13.2 Å². The number of hydrogen-bond donors (Lipinski definition) is 1. The summed E-state index contributed by atoms with van der Waals surface area (Å²) in [6.07, 6.45) is 3.22. The Kier molecular flexibility index (Phi) is 6.13. The number of rotatable bonds is 5. The summed E-state index contributed by atoms with van der Waals surface area (Å²) < 4.78 is 27.6. The normalized spacial score (nSPS) is 20.0. The number of nitrogens with one attached hydrogen (secondary N) is 1. The Hall–Kier alpha value is -0.340. The van der Waals surface area contributed by atoms with Gasteiger partial charge < -0.3 is 5.32 Å². The van der Waals surface area contributed by atoms with Gasteiger partial charge in [0.05, 0.1) is 5.02 Å². The topological polar surface area (TPSA) is 66.5 Å². The fraction of sp³-hybridized carbons (Fsp3) is 0.615. The largest absolute Gasteiger partial charge is 0.356 e. The van der Waals surface area contributed by atoms with Crippen LogP contribution in [0.2, 0.25) is 9.36 Å². The second-order valence-electron chi connectivity index (χ2n) is 5.22. The van der Waals surface area contributed by atoms with Crippen LogP contribution in [0.1, 0.15) is 32.6 Å². The second kappa shape index (κ2) is 7.49. The third kappa shape index (κ3) is 4.14. The molecule has 0 saturated carbocycles. The van der Waals surface area contributed by atoms with E-state index in [4.69, 9.17) is 23.2 Å². The van der Waals surface area contributed by atoms with Crippen LogP contribution < -0.4 is 5.32 Å². The number of sulfonamides is 1. The van der Waals surface area contributed by atoms with Gasteiger partial charge in [-0.05, 0) is 25.3 Å². The number of halogens is 2. The highest BCUT2D eigenvalue weighted by Gasteiger charge is 2.34. The highest BCUT2D eigenvalue weighted by Crippen LogP contribution is 2.37. The van der Waals surface area contributed by atoms with Crippen LogP contribution in [0.25, 0.3) is 0 Å². The molecule has 2 heterocycles. The van der Waals surface area contributed by atoms with E-state index in [-0.39, 0.29) is 25.5 Å². The molecule has 1 atom stereocenters. The zero-order valence-electron chi connectivity index (χ0n) is 12.1. The molecular weight excluding hydrogens is 367 g/mol. The molecular formula is C13H18Cl2N2O3S2. The summed E-state index contributed by atoms with van der Waals surface area (Å²) in [5.74, 6) is -0.109. The van der Waals surface area contributed by atoms with Crippen molar-refractivity contribution in [1.82, 2.24) is 9.62 Å². The van der Waals surface area contributed by atoms with E-state index >= 15 is 0 Å². The number of carbonyl (C=O) groups excluding carboxylic acids is 1. The number of hydrogen-bond acceptors (Lipinski definition) is 4. The molecule has 1 aliphatic rings. The second-order valence-corrected chi connectivity index (χ2v) is 9.40. The van der Waals surface area contributed by atoms with Crippen molar-refractivity contribution in [2.45, 2.75) is 42.9 Å². The van der Waals surface area contributed by atoms with Crippen molar-refractivity contribution in [2.24, 2.45) is 0 Å². The van der Waals surface area contributed by atoms with E-state index in [0.717, 1.165) is 30.6 Å². The molecule has 1 aromatic rings.